The summed E-state index contributed by atoms with van der Waals surface area (Å²) < 4.78 is 6.36. The van der Waals surface area contributed by atoms with E-state index in [9.17, 15) is 10.0 Å². The van der Waals surface area contributed by atoms with Crippen LogP contribution in [0.2, 0.25) is 0 Å². The van der Waals surface area contributed by atoms with E-state index >= 15 is 0 Å². The zero-order valence-corrected chi connectivity index (χ0v) is 9.62. The number of nitrogens with zero attached hydrogens (tertiary/aromatic N) is 4. The summed E-state index contributed by atoms with van der Waals surface area (Å²) in [6.45, 7) is 7.16. The molecule has 2 rings (SSSR count). The second-order valence-corrected chi connectivity index (χ2v) is 3.44. The van der Waals surface area contributed by atoms with Crippen molar-refractivity contribution in [3.05, 3.63) is 41.7 Å². The highest BCUT2D eigenvalue weighted by Crippen LogP contribution is 2.23. The van der Waals surface area contributed by atoms with Crippen molar-refractivity contribution in [2.45, 2.75) is 0 Å². The van der Waals surface area contributed by atoms with E-state index in [1.165, 1.54) is 23.8 Å². The van der Waals surface area contributed by atoms with Gasteiger partial charge in [-0.3, -0.25) is 0 Å². The summed E-state index contributed by atoms with van der Waals surface area (Å²) in [5.41, 5.74) is 0.624. The molecule has 2 aromatic rings. The van der Waals surface area contributed by atoms with Crippen LogP contribution in [0.25, 0.3) is 17.2 Å². The number of fused-ring (bicyclic) bond motifs is 1. The van der Waals surface area contributed by atoms with Crippen molar-refractivity contribution in [1.29, 1.82) is 0 Å². The fourth-order valence-electron chi connectivity index (χ4n) is 1.48. The van der Waals surface area contributed by atoms with E-state index in [4.69, 9.17) is 4.74 Å². The maximum Gasteiger partial charge on any atom is 0.237 e. The highest BCUT2D eigenvalue weighted by Gasteiger charge is 2.14. The summed E-state index contributed by atoms with van der Waals surface area (Å²) in [6, 6.07) is 1.49. The molecular weight excluding hydrogens is 236 g/mol. The predicted octanol–water partition coefficient (Wildman–Crippen LogP) is 1.79. The lowest BCUT2D eigenvalue weighted by molar-refractivity contribution is 0.366. The molecule has 0 aliphatic heterocycles. The van der Waals surface area contributed by atoms with Gasteiger partial charge in [-0.15, -0.1) is 4.91 Å². The molecule has 2 heterocycles. The lowest BCUT2D eigenvalue weighted by Gasteiger charge is -2.09. The molecule has 0 unspecified atom stereocenters. The van der Waals surface area contributed by atoms with Gasteiger partial charge in [0.05, 0.1) is 24.7 Å². The lowest BCUT2D eigenvalue weighted by atomic mass is 10.2. The van der Waals surface area contributed by atoms with Gasteiger partial charge in [0.1, 0.15) is 11.5 Å². The first kappa shape index (κ1) is 11.8. The molecule has 18 heavy (non-hydrogen) atoms. The molecule has 0 saturated heterocycles. The van der Waals surface area contributed by atoms with Gasteiger partial charge < -0.3 is 9.84 Å². The van der Waals surface area contributed by atoms with Gasteiger partial charge in [0, 0.05) is 0 Å². The van der Waals surface area contributed by atoms with E-state index in [2.05, 4.69) is 28.3 Å². The molecule has 0 fully saturated rings. The Hall–Kier alpha value is -2.70. The summed E-state index contributed by atoms with van der Waals surface area (Å²) in [7, 11) is 1.44. The van der Waals surface area contributed by atoms with Gasteiger partial charge >= 0.3 is 0 Å². The van der Waals surface area contributed by atoms with E-state index in [0.717, 1.165) is 0 Å². The van der Waals surface area contributed by atoms with Crippen molar-refractivity contribution in [3.8, 4) is 5.88 Å². The maximum absolute atomic E-state index is 10.5. The first-order valence-electron chi connectivity index (χ1n) is 4.92. The third-order valence-electron chi connectivity index (χ3n) is 2.40. The number of hydrogen-bond donors (Lipinski definition) is 1. The number of imidazole rings is 1. The summed E-state index contributed by atoms with van der Waals surface area (Å²) in [5, 5.41) is 12.4. The maximum atomic E-state index is 10.5. The molecular formula is C11H10N4O3. The standard InChI is InChI=1S/C11H10N4O3/c1-6(14-17)8-4-9(7(2)18-3)15-10(16)5-12-11(15)13-8/h4-5,16H,1-2H2,3H3. The summed E-state index contributed by atoms with van der Waals surface area (Å²) in [5.74, 6) is 0.376. The van der Waals surface area contributed by atoms with Gasteiger partial charge in [0.2, 0.25) is 11.7 Å². The lowest BCUT2D eigenvalue weighted by Crippen LogP contribution is -2.02. The third-order valence-corrected chi connectivity index (χ3v) is 2.40. The summed E-state index contributed by atoms with van der Waals surface area (Å²) in [6.07, 6.45) is 1.23. The Morgan fingerprint density at radius 1 is 1.56 bits per heavy atom. The Balaban J connectivity index is 2.78. The predicted molar refractivity (Wildman–Crippen MR) is 65.5 cm³/mol. The van der Waals surface area contributed by atoms with Crippen LogP contribution in [0.15, 0.2) is 30.6 Å². The Labute approximate surface area is 102 Å². The molecule has 0 bridgehead atoms. The molecule has 0 aliphatic carbocycles. The molecule has 0 aromatic carbocycles. The van der Waals surface area contributed by atoms with Crippen molar-refractivity contribution in [2.24, 2.45) is 5.18 Å². The van der Waals surface area contributed by atoms with Gasteiger partial charge in [-0.05, 0) is 11.2 Å². The number of methoxy groups -OCH3 is 1. The zero-order valence-electron chi connectivity index (χ0n) is 9.62. The SMILES string of the molecule is C=C(N=O)c1cc(C(=C)OC)n2c(O)cnc2n1. The van der Waals surface area contributed by atoms with Crippen LogP contribution >= 0.6 is 0 Å². The molecule has 92 valence electrons. The van der Waals surface area contributed by atoms with E-state index in [1.54, 1.807) is 0 Å². The van der Waals surface area contributed by atoms with Crippen LogP contribution in [0.5, 0.6) is 5.88 Å². The minimum absolute atomic E-state index is 0.0369. The molecule has 0 spiro atoms. The van der Waals surface area contributed by atoms with Crippen molar-refractivity contribution in [3.63, 3.8) is 0 Å². The normalized spacial score (nSPS) is 10.3. The molecule has 2 aromatic heterocycles. The number of hydrogen-bond acceptors (Lipinski definition) is 6. The van der Waals surface area contributed by atoms with E-state index < -0.39 is 0 Å². The van der Waals surface area contributed by atoms with Crippen LogP contribution in [-0.4, -0.2) is 26.6 Å². The fraction of sp³-hybridized carbons (Fsp3) is 0.0909. The van der Waals surface area contributed by atoms with E-state index in [0.29, 0.717) is 5.69 Å². The zero-order chi connectivity index (χ0) is 13.3. The minimum Gasteiger partial charge on any atom is -0.495 e. The van der Waals surface area contributed by atoms with Crippen LogP contribution in [0, 0.1) is 4.91 Å². The van der Waals surface area contributed by atoms with Gasteiger partial charge in [-0.2, -0.15) is 0 Å². The van der Waals surface area contributed by atoms with Crippen molar-refractivity contribution < 1.29 is 9.84 Å². The van der Waals surface area contributed by atoms with Crippen molar-refractivity contribution in [1.82, 2.24) is 14.4 Å². The minimum atomic E-state index is -0.109. The Morgan fingerprint density at radius 3 is 2.89 bits per heavy atom. The second kappa shape index (κ2) is 4.28. The molecule has 1 N–H and O–H groups in total. The molecule has 7 nitrogen and oxygen atoms in total. The van der Waals surface area contributed by atoms with Gasteiger partial charge in [-0.25, -0.2) is 14.4 Å². The summed E-state index contributed by atoms with van der Waals surface area (Å²) in [4.78, 5) is 18.4. The van der Waals surface area contributed by atoms with Crippen LogP contribution < -0.4 is 0 Å². The Kier molecular flexibility index (Phi) is 2.80. The largest absolute Gasteiger partial charge is 0.495 e. The first-order chi connectivity index (χ1) is 8.58. The van der Waals surface area contributed by atoms with E-state index in [1.807, 2.05) is 0 Å². The van der Waals surface area contributed by atoms with Crippen molar-refractivity contribution in [2.75, 3.05) is 7.11 Å². The number of aromatic hydroxyl groups is 1. The Morgan fingerprint density at radius 2 is 2.28 bits per heavy atom. The number of rotatable bonds is 4. The van der Waals surface area contributed by atoms with Gasteiger partial charge in [0.25, 0.3) is 0 Å². The van der Waals surface area contributed by atoms with E-state index in [-0.39, 0.29) is 28.8 Å². The topological polar surface area (TPSA) is 89.1 Å². The average molecular weight is 246 g/mol. The first-order valence-corrected chi connectivity index (χ1v) is 4.92. The quantitative estimate of drug-likeness (QED) is 0.656. The van der Waals surface area contributed by atoms with Crippen molar-refractivity contribution >= 4 is 17.2 Å². The molecule has 0 atom stereocenters. The third kappa shape index (κ3) is 1.71. The summed E-state index contributed by atoms with van der Waals surface area (Å²) >= 11 is 0. The second-order valence-electron chi connectivity index (χ2n) is 3.44. The molecule has 0 saturated carbocycles. The monoisotopic (exact) mass is 246 g/mol. The fourth-order valence-corrected chi connectivity index (χ4v) is 1.48. The Bertz CT molecular complexity index is 660. The average Bonchev–Trinajstić information content (AvgIpc) is 2.77. The molecule has 0 amide bonds. The molecule has 0 aliphatic rings. The molecule has 7 heteroatoms. The van der Waals surface area contributed by atoms with Crippen LogP contribution in [0.1, 0.15) is 11.4 Å². The number of aromatic nitrogens is 3. The highest BCUT2D eigenvalue weighted by atomic mass is 16.5. The van der Waals surface area contributed by atoms with Gasteiger partial charge in [0.15, 0.2) is 0 Å². The molecule has 0 radical (unpaired) electrons. The van der Waals surface area contributed by atoms with Crippen LogP contribution in [-0.2, 0) is 4.74 Å². The number of ether oxygens (including phenoxy) is 1. The number of nitroso groups, excluding NO2 is 1. The highest BCUT2D eigenvalue weighted by molar-refractivity contribution is 5.66. The van der Waals surface area contributed by atoms with Crippen LogP contribution in [0.3, 0.4) is 0 Å². The smallest absolute Gasteiger partial charge is 0.237 e. The van der Waals surface area contributed by atoms with Gasteiger partial charge in [-0.1, -0.05) is 13.2 Å². The van der Waals surface area contributed by atoms with Crippen LogP contribution in [0.4, 0.5) is 0 Å².